The van der Waals surface area contributed by atoms with Gasteiger partial charge in [0.25, 0.3) is 0 Å². The number of nitrogens with zero attached hydrogens (tertiary/aromatic N) is 2. The number of halogens is 2. The molecular formula is C23H29F2N5O2. The van der Waals surface area contributed by atoms with Crippen LogP contribution in [-0.2, 0) is 10.2 Å². The van der Waals surface area contributed by atoms with Crippen LogP contribution < -0.4 is 16.4 Å². The number of rotatable bonds is 6. The van der Waals surface area contributed by atoms with Crippen LogP contribution in [0.25, 0.3) is 0 Å². The van der Waals surface area contributed by atoms with E-state index in [2.05, 4.69) is 15.6 Å². The number of carbonyl (C=O) groups is 2. The molecule has 2 aromatic rings. The normalized spacial score (nSPS) is 15.8. The van der Waals surface area contributed by atoms with Gasteiger partial charge in [-0.15, -0.1) is 0 Å². The Morgan fingerprint density at radius 3 is 2.44 bits per heavy atom. The van der Waals surface area contributed by atoms with Crippen molar-refractivity contribution < 1.29 is 18.4 Å². The second-order valence-corrected chi connectivity index (χ2v) is 8.62. The second-order valence-electron chi connectivity index (χ2n) is 8.62. The number of piperidine rings is 1. The molecule has 0 aliphatic carbocycles. The molecule has 1 aromatic heterocycles. The van der Waals surface area contributed by atoms with E-state index < -0.39 is 17.0 Å². The summed E-state index contributed by atoms with van der Waals surface area (Å²) in [7, 11) is 0. The standard InChI is InChI=1S/C23H29F2N5O2/c1-23(2,16-3-4-18(24)19(25)13-16)21(31)28-14-20(26)15-7-11-30(12-8-15)22(32)29-17-5-9-27-10-6-17/h3-6,9-10,13,15,20H,7-8,11-12,14,26H2,1-2H3,(H,28,31)(H,27,29,32). The Bertz CT molecular complexity index is 947. The third-order valence-corrected chi connectivity index (χ3v) is 6.07. The zero-order chi connectivity index (χ0) is 23.3. The third kappa shape index (κ3) is 5.59. The highest BCUT2D eigenvalue weighted by Gasteiger charge is 2.32. The fraction of sp³-hybridized carbons (Fsp3) is 0.435. The largest absolute Gasteiger partial charge is 0.354 e. The van der Waals surface area contributed by atoms with Crippen LogP contribution in [0, 0.1) is 17.6 Å². The number of likely N-dealkylation sites (tertiary alicyclic amines) is 1. The molecule has 0 spiro atoms. The number of hydrogen-bond acceptors (Lipinski definition) is 4. The van der Waals surface area contributed by atoms with Gasteiger partial charge in [-0.05, 0) is 62.4 Å². The Balaban J connectivity index is 1.47. The zero-order valence-electron chi connectivity index (χ0n) is 18.3. The molecule has 0 saturated carbocycles. The first-order valence-electron chi connectivity index (χ1n) is 10.6. The number of pyridine rings is 1. The van der Waals surface area contributed by atoms with E-state index in [4.69, 9.17) is 5.73 Å². The van der Waals surface area contributed by atoms with Gasteiger partial charge in [0.2, 0.25) is 5.91 Å². The molecule has 0 bridgehead atoms. The number of benzene rings is 1. The lowest BCUT2D eigenvalue weighted by Crippen LogP contribution is -2.50. The van der Waals surface area contributed by atoms with E-state index in [1.807, 2.05) is 0 Å². The van der Waals surface area contributed by atoms with Crippen molar-refractivity contribution in [2.45, 2.75) is 38.1 Å². The molecule has 1 unspecified atom stereocenters. The van der Waals surface area contributed by atoms with E-state index in [0.717, 1.165) is 25.0 Å². The molecule has 4 N–H and O–H groups in total. The molecule has 172 valence electrons. The first kappa shape index (κ1) is 23.6. The van der Waals surface area contributed by atoms with E-state index in [1.165, 1.54) is 6.07 Å². The Kier molecular flexibility index (Phi) is 7.40. The highest BCUT2D eigenvalue weighted by molar-refractivity contribution is 5.89. The summed E-state index contributed by atoms with van der Waals surface area (Å²) in [4.78, 5) is 30.8. The Hall–Kier alpha value is -3.07. The number of aromatic nitrogens is 1. The number of carbonyl (C=O) groups excluding carboxylic acids is 2. The highest BCUT2D eigenvalue weighted by atomic mass is 19.2. The first-order valence-corrected chi connectivity index (χ1v) is 10.6. The van der Waals surface area contributed by atoms with Crippen LogP contribution in [0.1, 0.15) is 32.3 Å². The zero-order valence-corrected chi connectivity index (χ0v) is 18.3. The number of nitrogens with one attached hydrogen (secondary N) is 2. The van der Waals surface area contributed by atoms with Crippen LogP contribution >= 0.6 is 0 Å². The Morgan fingerprint density at radius 1 is 1.16 bits per heavy atom. The van der Waals surface area contributed by atoms with Crippen molar-refractivity contribution >= 4 is 17.6 Å². The molecule has 1 saturated heterocycles. The van der Waals surface area contributed by atoms with Crippen LogP contribution in [0.4, 0.5) is 19.3 Å². The van der Waals surface area contributed by atoms with Gasteiger partial charge in [-0.3, -0.25) is 9.78 Å². The van der Waals surface area contributed by atoms with Gasteiger partial charge < -0.3 is 21.3 Å². The monoisotopic (exact) mass is 445 g/mol. The molecular weight excluding hydrogens is 416 g/mol. The van der Waals surface area contributed by atoms with E-state index in [0.29, 0.717) is 24.3 Å². The van der Waals surface area contributed by atoms with Crippen LogP contribution in [0.5, 0.6) is 0 Å². The Morgan fingerprint density at radius 2 is 1.81 bits per heavy atom. The van der Waals surface area contributed by atoms with Crippen molar-refractivity contribution in [2.75, 3.05) is 25.0 Å². The second kappa shape index (κ2) is 10.0. The summed E-state index contributed by atoms with van der Waals surface area (Å²) >= 11 is 0. The maximum absolute atomic E-state index is 13.6. The highest BCUT2D eigenvalue weighted by Crippen LogP contribution is 2.25. The minimum Gasteiger partial charge on any atom is -0.354 e. The van der Waals surface area contributed by atoms with E-state index in [1.54, 1.807) is 43.3 Å². The predicted octanol–water partition coefficient (Wildman–Crippen LogP) is 3.03. The van der Waals surface area contributed by atoms with Crippen LogP contribution in [0.3, 0.4) is 0 Å². The van der Waals surface area contributed by atoms with Crippen molar-refractivity contribution in [3.63, 3.8) is 0 Å². The molecule has 1 aliphatic rings. The van der Waals surface area contributed by atoms with Crippen molar-refractivity contribution in [1.82, 2.24) is 15.2 Å². The summed E-state index contributed by atoms with van der Waals surface area (Å²) in [5, 5.41) is 5.68. The quantitative estimate of drug-likeness (QED) is 0.636. The molecule has 1 atom stereocenters. The maximum atomic E-state index is 13.6. The molecule has 2 heterocycles. The topological polar surface area (TPSA) is 100 Å². The van der Waals surface area contributed by atoms with Crippen LogP contribution in [0.2, 0.25) is 0 Å². The number of urea groups is 1. The Labute approximate surface area is 186 Å². The van der Waals surface area contributed by atoms with Gasteiger partial charge in [0.05, 0.1) is 5.41 Å². The van der Waals surface area contributed by atoms with Gasteiger partial charge >= 0.3 is 6.03 Å². The van der Waals surface area contributed by atoms with E-state index >= 15 is 0 Å². The summed E-state index contributed by atoms with van der Waals surface area (Å²) < 4.78 is 26.8. The van der Waals surface area contributed by atoms with Crippen LogP contribution in [-0.4, -0.2) is 47.5 Å². The van der Waals surface area contributed by atoms with Gasteiger partial charge in [0.15, 0.2) is 11.6 Å². The fourth-order valence-corrected chi connectivity index (χ4v) is 3.78. The molecule has 0 radical (unpaired) electrons. The summed E-state index contributed by atoms with van der Waals surface area (Å²) in [6, 6.07) is 6.49. The van der Waals surface area contributed by atoms with Crippen molar-refractivity contribution in [3.8, 4) is 0 Å². The molecule has 1 aliphatic heterocycles. The summed E-state index contributed by atoms with van der Waals surface area (Å²) in [5.74, 6) is -2.09. The lowest BCUT2D eigenvalue weighted by atomic mass is 9.83. The average Bonchev–Trinajstić information content (AvgIpc) is 2.79. The van der Waals surface area contributed by atoms with Gasteiger partial charge in [-0.2, -0.15) is 0 Å². The van der Waals surface area contributed by atoms with Crippen molar-refractivity contribution in [1.29, 1.82) is 0 Å². The maximum Gasteiger partial charge on any atom is 0.321 e. The minimum absolute atomic E-state index is 0.159. The molecule has 3 rings (SSSR count). The third-order valence-electron chi connectivity index (χ3n) is 6.07. The molecule has 3 amide bonds. The minimum atomic E-state index is -1.04. The molecule has 32 heavy (non-hydrogen) atoms. The number of nitrogens with two attached hydrogens (primary N) is 1. The number of anilines is 1. The van der Waals surface area contributed by atoms with Crippen molar-refractivity contribution in [2.24, 2.45) is 11.7 Å². The van der Waals surface area contributed by atoms with Gasteiger partial charge in [-0.25, -0.2) is 13.6 Å². The lowest BCUT2D eigenvalue weighted by molar-refractivity contribution is -0.125. The summed E-state index contributed by atoms with van der Waals surface area (Å²) in [6.07, 6.45) is 4.69. The van der Waals surface area contributed by atoms with Crippen molar-refractivity contribution in [3.05, 3.63) is 59.9 Å². The summed E-state index contributed by atoms with van der Waals surface area (Å²) in [6.45, 7) is 4.72. The summed E-state index contributed by atoms with van der Waals surface area (Å²) in [5.41, 5.74) is 6.35. The SMILES string of the molecule is CC(C)(C(=O)NCC(N)C1CCN(C(=O)Nc2ccncc2)CC1)c1ccc(F)c(F)c1. The van der Waals surface area contributed by atoms with E-state index in [-0.39, 0.29) is 30.4 Å². The van der Waals surface area contributed by atoms with E-state index in [9.17, 15) is 18.4 Å². The molecule has 1 aromatic carbocycles. The first-order chi connectivity index (χ1) is 15.2. The predicted molar refractivity (Wildman–Crippen MR) is 118 cm³/mol. The average molecular weight is 446 g/mol. The number of amides is 3. The fourth-order valence-electron chi connectivity index (χ4n) is 3.78. The molecule has 1 fully saturated rings. The number of hydrogen-bond donors (Lipinski definition) is 3. The van der Waals surface area contributed by atoms with Gasteiger partial charge in [0, 0.05) is 43.8 Å². The molecule has 9 heteroatoms. The van der Waals surface area contributed by atoms with Gasteiger partial charge in [-0.1, -0.05) is 6.07 Å². The lowest BCUT2D eigenvalue weighted by Gasteiger charge is -2.35. The molecule has 7 nitrogen and oxygen atoms in total. The van der Waals surface area contributed by atoms with Crippen LogP contribution in [0.15, 0.2) is 42.7 Å². The van der Waals surface area contributed by atoms with Gasteiger partial charge in [0.1, 0.15) is 0 Å². The smallest absolute Gasteiger partial charge is 0.321 e.